The largest absolute Gasteiger partial charge is 0.324 e. The lowest BCUT2D eigenvalue weighted by molar-refractivity contribution is 0.226. The first-order valence-corrected chi connectivity index (χ1v) is 4.11. The highest BCUT2D eigenvalue weighted by atomic mass is 35.5. The number of carbonyl (C=O) groups is 1. The van der Waals surface area contributed by atoms with Gasteiger partial charge < -0.3 is 4.90 Å². The Kier molecular flexibility index (Phi) is 5.34. The SMILES string of the molecule is C=C(Cl)CN(CCC)C(=O)Cl. The molecule has 0 radical (unpaired) electrons. The zero-order chi connectivity index (χ0) is 8.85. The molecule has 0 spiro atoms. The first-order valence-electron chi connectivity index (χ1n) is 3.35. The minimum absolute atomic E-state index is 0.331. The fourth-order valence-corrected chi connectivity index (χ4v) is 0.995. The van der Waals surface area contributed by atoms with Crippen LogP contribution in [0.1, 0.15) is 13.3 Å². The second-order valence-corrected chi connectivity index (χ2v) is 3.05. The maximum atomic E-state index is 10.7. The maximum absolute atomic E-state index is 10.7. The van der Waals surface area contributed by atoms with Crippen LogP contribution in [0.4, 0.5) is 4.79 Å². The van der Waals surface area contributed by atoms with Gasteiger partial charge in [0.2, 0.25) is 0 Å². The van der Waals surface area contributed by atoms with E-state index in [1.165, 1.54) is 4.90 Å². The summed E-state index contributed by atoms with van der Waals surface area (Å²) in [6.45, 7) is 6.38. The van der Waals surface area contributed by atoms with Crippen molar-refractivity contribution in [2.24, 2.45) is 0 Å². The van der Waals surface area contributed by atoms with Gasteiger partial charge in [-0.2, -0.15) is 0 Å². The van der Waals surface area contributed by atoms with Crippen LogP contribution < -0.4 is 0 Å². The molecule has 0 N–H and O–H groups in total. The smallest absolute Gasteiger partial charge is 0.316 e. The average Bonchev–Trinajstić information content (AvgIpc) is 1.86. The van der Waals surface area contributed by atoms with E-state index in [4.69, 9.17) is 23.2 Å². The van der Waals surface area contributed by atoms with Crippen LogP contribution in [0.5, 0.6) is 0 Å². The number of hydrogen-bond donors (Lipinski definition) is 0. The molecule has 0 aliphatic carbocycles. The molecule has 0 saturated heterocycles. The Bertz CT molecular complexity index is 159. The number of hydrogen-bond acceptors (Lipinski definition) is 1. The molecule has 0 heterocycles. The topological polar surface area (TPSA) is 20.3 Å². The summed E-state index contributed by atoms with van der Waals surface area (Å²) in [6, 6.07) is 0. The van der Waals surface area contributed by atoms with Gasteiger partial charge in [0, 0.05) is 11.6 Å². The summed E-state index contributed by atoms with van der Waals surface area (Å²) in [5.74, 6) is 0. The Balaban J connectivity index is 3.89. The highest BCUT2D eigenvalue weighted by Gasteiger charge is 2.08. The molecule has 0 bridgehead atoms. The van der Waals surface area contributed by atoms with Crippen LogP contribution in [-0.4, -0.2) is 23.4 Å². The van der Waals surface area contributed by atoms with Crippen LogP contribution >= 0.6 is 23.2 Å². The molecule has 0 aliphatic heterocycles. The number of amides is 1. The quantitative estimate of drug-likeness (QED) is 0.500. The zero-order valence-electron chi connectivity index (χ0n) is 6.44. The molecule has 0 aliphatic rings. The van der Waals surface area contributed by atoms with Gasteiger partial charge in [-0.25, -0.2) is 0 Å². The normalized spacial score (nSPS) is 9.36. The van der Waals surface area contributed by atoms with Crippen LogP contribution in [0.2, 0.25) is 0 Å². The molecule has 4 heteroatoms. The van der Waals surface area contributed by atoms with Gasteiger partial charge in [0.05, 0.1) is 6.54 Å². The third-order valence-electron chi connectivity index (χ3n) is 1.10. The van der Waals surface area contributed by atoms with Crippen molar-refractivity contribution in [3.8, 4) is 0 Å². The van der Waals surface area contributed by atoms with Gasteiger partial charge >= 0.3 is 5.37 Å². The van der Waals surface area contributed by atoms with Gasteiger partial charge in [-0.1, -0.05) is 25.1 Å². The average molecular weight is 196 g/mol. The summed E-state index contributed by atoms with van der Waals surface area (Å²) >= 11 is 10.8. The number of halogens is 2. The molecule has 0 rings (SSSR count). The van der Waals surface area contributed by atoms with E-state index in [1.54, 1.807) is 0 Å². The zero-order valence-corrected chi connectivity index (χ0v) is 7.95. The minimum Gasteiger partial charge on any atom is -0.324 e. The molecule has 1 amide bonds. The van der Waals surface area contributed by atoms with Gasteiger partial charge in [-0.15, -0.1) is 0 Å². The van der Waals surface area contributed by atoms with E-state index in [-0.39, 0.29) is 0 Å². The van der Waals surface area contributed by atoms with E-state index in [0.29, 0.717) is 18.1 Å². The molecule has 0 fully saturated rings. The summed E-state index contributed by atoms with van der Waals surface area (Å²) < 4.78 is 0. The van der Waals surface area contributed by atoms with Gasteiger partial charge in [0.25, 0.3) is 0 Å². The van der Waals surface area contributed by atoms with E-state index in [9.17, 15) is 4.79 Å². The van der Waals surface area contributed by atoms with Crippen molar-refractivity contribution in [1.29, 1.82) is 0 Å². The lowest BCUT2D eigenvalue weighted by atomic mass is 10.4. The first-order chi connectivity index (χ1) is 5.07. The van der Waals surface area contributed by atoms with Crippen LogP contribution in [0, 0.1) is 0 Å². The summed E-state index contributed by atoms with van der Waals surface area (Å²) in [4.78, 5) is 12.1. The van der Waals surface area contributed by atoms with Crippen LogP contribution in [0.25, 0.3) is 0 Å². The number of rotatable bonds is 4. The fraction of sp³-hybridized carbons (Fsp3) is 0.571. The van der Waals surface area contributed by atoms with Gasteiger partial charge in [0.1, 0.15) is 0 Å². The van der Waals surface area contributed by atoms with E-state index in [1.807, 2.05) is 6.92 Å². The molecule has 0 saturated carbocycles. The molecule has 11 heavy (non-hydrogen) atoms. The first kappa shape index (κ1) is 10.8. The van der Waals surface area contributed by atoms with Crippen molar-refractivity contribution < 1.29 is 4.79 Å². The van der Waals surface area contributed by atoms with E-state index in [2.05, 4.69) is 6.58 Å². The Hall–Kier alpha value is -0.210. The Morgan fingerprint density at radius 2 is 2.09 bits per heavy atom. The van der Waals surface area contributed by atoms with Crippen LogP contribution in [0.3, 0.4) is 0 Å². The van der Waals surface area contributed by atoms with Gasteiger partial charge in [-0.05, 0) is 18.0 Å². The minimum atomic E-state index is -0.478. The number of nitrogens with zero attached hydrogens (tertiary/aromatic N) is 1. The predicted molar refractivity (Wildman–Crippen MR) is 48.1 cm³/mol. The van der Waals surface area contributed by atoms with Crippen molar-refractivity contribution in [2.45, 2.75) is 13.3 Å². The maximum Gasteiger partial charge on any atom is 0.316 e. The lowest BCUT2D eigenvalue weighted by Gasteiger charge is -2.17. The summed E-state index contributed by atoms with van der Waals surface area (Å²) in [5, 5.41) is -0.0545. The molecular formula is C7H11Cl2NO. The second-order valence-electron chi connectivity index (χ2n) is 2.19. The van der Waals surface area contributed by atoms with Crippen molar-refractivity contribution in [3.05, 3.63) is 11.6 Å². The van der Waals surface area contributed by atoms with Crippen molar-refractivity contribution >= 4 is 28.6 Å². The standard InChI is InChI=1S/C7H11Cl2NO/c1-3-4-10(7(9)11)5-6(2)8/h2-5H2,1H3. The van der Waals surface area contributed by atoms with Crippen LogP contribution in [-0.2, 0) is 0 Å². The monoisotopic (exact) mass is 195 g/mol. The van der Waals surface area contributed by atoms with Gasteiger partial charge in [0.15, 0.2) is 0 Å². The Labute approximate surface area is 76.8 Å². The highest BCUT2D eigenvalue weighted by molar-refractivity contribution is 6.62. The third kappa shape index (κ3) is 5.10. The molecule has 0 aromatic rings. The summed E-state index contributed by atoms with van der Waals surface area (Å²) in [6.07, 6.45) is 0.864. The molecule has 0 aromatic heterocycles. The second kappa shape index (κ2) is 5.44. The summed E-state index contributed by atoms with van der Waals surface area (Å²) in [5.41, 5.74) is 0. The van der Waals surface area contributed by atoms with Gasteiger partial charge in [-0.3, -0.25) is 4.79 Å². The summed E-state index contributed by atoms with van der Waals surface area (Å²) in [7, 11) is 0. The predicted octanol–water partition coefficient (Wildman–Crippen LogP) is 2.81. The lowest BCUT2D eigenvalue weighted by Crippen LogP contribution is -2.28. The van der Waals surface area contributed by atoms with E-state index < -0.39 is 5.37 Å². The molecule has 2 nitrogen and oxygen atoms in total. The molecular weight excluding hydrogens is 185 g/mol. The van der Waals surface area contributed by atoms with Crippen molar-refractivity contribution in [2.75, 3.05) is 13.1 Å². The molecule has 0 unspecified atom stereocenters. The Morgan fingerprint density at radius 3 is 2.36 bits per heavy atom. The highest BCUT2D eigenvalue weighted by Crippen LogP contribution is 2.05. The van der Waals surface area contributed by atoms with Crippen LogP contribution in [0.15, 0.2) is 11.6 Å². The third-order valence-corrected chi connectivity index (χ3v) is 1.46. The fourth-order valence-electron chi connectivity index (χ4n) is 0.706. The number of carbonyl (C=O) groups excluding carboxylic acids is 1. The molecule has 0 atom stereocenters. The molecule has 64 valence electrons. The molecule has 0 aromatic carbocycles. The van der Waals surface area contributed by atoms with E-state index in [0.717, 1.165) is 6.42 Å². The Morgan fingerprint density at radius 1 is 1.55 bits per heavy atom. The van der Waals surface area contributed by atoms with Crippen molar-refractivity contribution in [1.82, 2.24) is 4.90 Å². The van der Waals surface area contributed by atoms with E-state index >= 15 is 0 Å². The van der Waals surface area contributed by atoms with Crippen molar-refractivity contribution in [3.63, 3.8) is 0 Å².